The third-order valence-corrected chi connectivity index (χ3v) is 6.89. The maximum atomic E-state index is 12.7. The fraction of sp³-hybridized carbons (Fsp3) is 0.308. The van der Waals surface area contributed by atoms with E-state index in [4.69, 9.17) is 4.74 Å². The van der Waals surface area contributed by atoms with E-state index in [2.05, 4.69) is 40.0 Å². The van der Waals surface area contributed by atoms with E-state index in [9.17, 15) is 19.5 Å². The van der Waals surface area contributed by atoms with Crippen LogP contribution < -0.4 is 10.6 Å². The van der Waals surface area contributed by atoms with Gasteiger partial charge in [-0.05, 0) is 35.1 Å². The number of ether oxygens (including phenoxy) is 1. The van der Waals surface area contributed by atoms with Crippen LogP contribution in [0.1, 0.15) is 45.9 Å². The number of carboxylic acids is 1. The number of fused-ring (bicyclic) bond motifs is 3. The Kier molecular flexibility index (Phi) is 5.76. The van der Waals surface area contributed by atoms with Crippen LogP contribution in [0.4, 0.5) is 4.79 Å². The van der Waals surface area contributed by atoms with Gasteiger partial charge in [-0.2, -0.15) is 5.10 Å². The van der Waals surface area contributed by atoms with Crippen LogP contribution in [0.3, 0.4) is 0 Å². The molecule has 0 atom stereocenters. The summed E-state index contributed by atoms with van der Waals surface area (Å²) in [5.74, 6) is -1.38. The highest BCUT2D eigenvalue weighted by Gasteiger charge is 2.50. The SMILES string of the molecule is Cn1ncc(CNC(=O)OCC2c3ccccc3-c3ccccc32)c1C(=O)NCC1(C(=O)O)CC1. The second-order valence-electron chi connectivity index (χ2n) is 9.09. The maximum absolute atomic E-state index is 12.7. The van der Waals surface area contributed by atoms with Crippen LogP contribution >= 0.6 is 0 Å². The lowest BCUT2D eigenvalue weighted by atomic mass is 9.98. The lowest BCUT2D eigenvalue weighted by molar-refractivity contribution is -0.143. The number of amides is 2. The van der Waals surface area contributed by atoms with Gasteiger partial charge in [0.2, 0.25) is 0 Å². The van der Waals surface area contributed by atoms with Gasteiger partial charge in [-0.15, -0.1) is 0 Å². The number of benzene rings is 2. The molecule has 35 heavy (non-hydrogen) atoms. The molecule has 0 spiro atoms. The van der Waals surface area contributed by atoms with Crippen LogP contribution in [0.5, 0.6) is 0 Å². The van der Waals surface area contributed by atoms with Crippen molar-refractivity contribution >= 4 is 18.0 Å². The minimum atomic E-state index is -0.903. The molecular weight excluding hydrogens is 448 g/mol. The van der Waals surface area contributed by atoms with E-state index in [1.165, 1.54) is 10.9 Å². The molecular formula is C26H26N4O5. The van der Waals surface area contributed by atoms with Gasteiger partial charge in [0.25, 0.3) is 5.91 Å². The first-order valence-corrected chi connectivity index (χ1v) is 11.5. The van der Waals surface area contributed by atoms with Crippen molar-refractivity contribution in [2.45, 2.75) is 25.3 Å². The number of aromatic nitrogens is 2. The number of nitrogens with one attached hydrogen (secondary N) is 2. The molecule has 0 aliphatic heterocycles. The van der Waals surface area contributed by atoms with Crippen molar-refractivity contribution in [2.24, 2.45) is 12.5 Å². The summed E-state index contributed by atoms with van der Waals surface area (Å²) >= 11 is 0. The van der Waals surface area contributed by atoms with E-state index >= 15 is 0 Å². The van der Waals surface area contributed by atoms with Gasteiger partial charge >= 0.3 is 12.1 Å². The summed E-state index contributed by atoms with van der Waals surface area (Å²) < 4.78 is 6.96. The van der Waals surface area contributed by atoms with Gasteiger partial charge in [0.05, 0.1) is 18.2 Å². The lowest BCUT2D eigenvalue weighted by Gasteiger charge is -2.15. The van der Waals surface area contributed by atoms with E-state index in [-0.39, 0.29) is 31.3 Å². The van der Waals surface area contributed by atoms with Crippen LogP contribution in [0.15, 0.2) is 54.7 Å². The van der Waals surface area contributed by atoms with Gasteiger partial charge in [0, 0.05) is 25.1 Å². The molecule has 0 bridgehead atoms. The van der Waals surface area contributed by atoms with Crippen molar-refractivity contribution in [3.05, 3.63) is 77.1 Å². The van der Waals surface area contributed by atoms with Gasteiger partial charge in [-0.1, -0.05) is 48.5 Å². The first-order valence-electron chi connectivity index (χ1n) is 11.5. The standard InChI is InChI=1S/C26H26N4O5/c1-30-22(23(31)28-15-26(10-11-26)24(32)33)16(13-29-30)12-27-25(34)35-14-21-19-8-4-2-6-17(19)18-7-3-5-9-20(18)21/h2-9,13,21H,10-12,14-15H2,1H3,(H,27,34)(H,28,31)(H,32,33). The van der Waals surface area contributed by atoms with Gasteiger partial charge in [0.15, 0.2) is 0 Å². The van der Waals surface area contributed by atoms with Gasteiger partial charge in [-0.3, -0.25) is 14.3 Å². The second-order valence-corrected chi connectivity index (χ2v) is 9.09. The first-order chi connectivity index (χ1) is 16.9. The molecule has 2 aromatic carbocycles. The summed E-state index contributed by atoms with van der Waals surface area (Å²) in [7, 11) is 1.62. The molecule has 0 radical (unpaired) electrons. The summed E-state index contributed by atoms with van der Waals surface area (Å²) in [6.45, 7) is 0.306. The zero-order valence-corrected chi connectivity index (χ0v) is 19.3. The summed E-state index contributed by atoms with van der Waals surface area (Å²) in [6.07, 6.45) is 2.00. The summed E-state index contributed by atoms with van der Waals surface area (Å²) in [5.41, 5.74) is 4.47. The third-order valence-electron chi connectivity index (χ3n) is 6.89. The van der Waals surface area contributed by atoms with Crippen LogP contribution in [0.2, 0.25) is 0 Å². The maximum Gasteiger partial charge on any atom is 0.407 e. The molecule has 2 aliphatic carbocycles. The van der Waals surface area contributed by atoms with Crippen LogP contribution in [-0.2, 0) is 23.1 Å². The van der Waals surface area contributed by atoms with Crippen LogP contribution in [0.25, 0.3) is 11.1 Å². The van der Waals surface area contributed by atoms with Gasteiger partial charge < -0.3 is 20.5 Å². The molecule has 9 heteroatoms. The smallest absolute Gasteiger partial charge is 0.407 e. The number of carboxylic acid groups (broad SMARTS) is 1. The Labute approximate surface area is 202 Å². The Bertz CT molecular complexity index is 1270. The topological polar surface area (TPSA) is 123 Å². The monoisotopic (exact) mass is 474 g/mol. The number of alkyl carbamates (subject to hydrolysis) is 1. The van der Waals surface area contributed by atoms with Crippen LogP contribution in [-0.4, -0.2) is 46.0 Å². The van der Waals surface area contributed by atoms with E-state index in [1.807, 2.05) is 24.3 Å². The van der Waals surface area contributed by atoms with Crippen molar-refractivity contribution in [1.82, 2.24) is 20.4 Å². The van der Waals surface area contributed by atoms with Gasteiger partial charge in [-0.25, -0.2) is 4.79 Å². The Morgan fingerprint density at radius 2 is 1.69 bits per heavy atom. The largest absolute Gasteiger partial charge is 0.481 e. The fourth-order valence-corrected chi connectivity index (χ4v) is 4.67. The number of aryl methyl sites for hydroxylation is 1. The summed E-state index contributed by atoms with van der Waals surface area (Å²) in [5, 5.41) is 18.8. The molecule has 0 unspecified atom stereocenters. The molecule has 3 N–H and O–H groups in total. The summed E-state index contributed by atoms with van der Waals surface area (Å²) in [4.78, 5) is 36.6. The third kappa shape index (κ3) is 4.25. The Hall–Kier alpha value is -4.14. The van der Waals surface area contributed by atoms with E-state index in [1.54, 1.807) is 7.05 Å². The molecule has 2 amide bonds. The molecule has 5 rings (SSSR count). The van der Waals surface area contributed by atoms with E-state index in [0.717, 1.165) is 22.3 Å². The average Bonchev–Trinajstić information content (AvgIpc) is 3.48. The Balaban J connectivity index is 1.19. The van der Waals surface area contributed by atoms with E-state index in [0.29, 0.717) is 18.4 Å². The van der Waals surface area contributed by atoms with Crippen molar-refractivity contribution < 1.29 is 24.2 Å². The fourth-order valence-electron chi connectivity index (χ4n) is 4.67. The normalized spacial score (nSPS) is 15.1. The zero-order valence-electron chi connectivity index (χ0n) is 19.3. The minimum absolute atomic E-state index is 0.0446. The molecule has 1 saturated carbocycles. The predicted molar refractivity (Wildman–Crippen MR) is 127 cm³/mol. The van der Waals surface area contributed by atoms with Gasteiger partial charge in [0.1, 0.15) is 12.3 Å². The number of nitrogens with zero attached hydrogens (tertiary/aromatic N) is 2. The van der Waals surface area contributed by atoms with Crippen molar-refractivity contribution in [3.63, 3.8) is 0 Å². The first kappa shape index (κ1) is 22.6. The van der Waals surface area contributed by atoms with Crippen molar-refractivity contribution in [1.29, 1.82) is 0 Å². The quantitative estimate of drug-likeness (QED) is 0.461. The lowest BCUT2D eigenvalue weighted by Crippen LogP contribution is -2.36. The number of rotatable bonds is 8. The Morgan fingerprint density at radius 1 is 1.06 bits per heavy atom. The molecule has 2 aliphatic rings. The highest BCUT2D eigenvalue weighted by atomic mass is 16.5. The number of aliphatic carboxylic acids is 1. The van der Waals surface area contributed by atoms with Crippen molar-refractivity contribution in [2.75, 3.05) is 13.2 Å². The molecule has 3 aromatic rings. The highest BCUT2D eigenvalue weighted by molar-refractivity contribution is 5.94. The number of carbonyl (C=O) groups excluding carboxylic acids is 2. The molecule has 1 fully saturated rings. The number of hydrogen-bond acceptors (Lipinski definition) is 5. The summed E-state index contributed by atoms with van der Waals surface area (Å²) in [6, 6.07) is 16.2. The Morgan fingerprint density at radius 3 is 2.29 bits per heavy atom. The second kappa shape index (κ2) is 8.90. The van der Waals surface area contributed by atoms with E-state index < -0.39 is 23.4 Å². The number of carbonyl (C=O) groups is 3. The highest BCUT2D eigenvalue weighted by Crippen LogP contribution is 2.45. The predicted octanol–water partition coefficient (Wildman–Crippen LogP) is 3.05. The molecule has 0 saturated heterocycles. The van der Waals surface area contributed by atoms with Crippen molar-refractivity contribution in [3.8, 4) is 11.1 Å². The van der Waals surface area contributed by atoms with Crippen LogP contribution in [0, 0.1) is 5.41 Å². The molecule has 1 heterocycles. The number of hydrogen-bond donors (Lipinski definition) is 3. The molecule has 1 aromatic heterocycles. The molecule has 180 valence electrons. The molecule has 9 nitrogen and oxygen atoms in total. The zero-order chi connectivity index (χ0) is 24.6. The minimum Gasteiger partial charge on any atom is -0.481 e. The average molecular weight is 475 g/mol.